The van der Waals surface area contributed by atoms with Gasteiger partial charge in [-0.3, -0.25) is 19.5 Å². The lowest BCUT2D eigenvalue weighted by Crippen LogP contribution is -2.45. The fraction of sp³-hybridized carbons (Fsp3) is 0.321. The van der Waals surface area contributed by atoms with Crippen molar-refractivity contribution in [3.05, 3.63) is 72.6 Å². The molecule has 2 amide bonds. The monoisotopic (exact) mass is 516 g/mol. The van der Waals surface area contributed by atoms with Crippen LogP contribution < -0.4 is 19.7 Å². The molecule has 0 saturated carbocycles. The van der Waals surface area contributed by atoms with Crippen LogP contribution in [0.5, 0.6) is 11.5 Å². The zero-order chi connectivity index (χ0) is 27.1. The van der Waals surface area contributed by atoms with Crippen molar-refractivity contribution in [3.8, 4) is 11.5 Å². The van der Waals surface area contributed by atoms with Crippen molar-refractivity contribution in [3.63, 3.8) is 0 Å². The number of amides is 2. The van der Waals surface area contributed by atoms with Crippen molar-refractivity contribution in [1.29, 1.82) is 0 Å². The molecule has 198 valence electrons. The number of para-hydroxylation sites is 1. The summed E-state index contributed by atoms with van der Waals surface area (Å²) in [6.45, 7) is 4.50. The number of pyridine rings is 1. The Morgan fingerprint density at radius 3 is 2.58 bits per heavy atom. The molecule has 10 heteroatoms. The molecule has 0 aliphatic carbocycles. The predicted octanol–water partition coefficient (Wildman–Crippen LogP) is 3.78. The van der Waals surface area contributed by atoms with Gasteiger partial charge in [0, 0.05) is 30.6 Å². The summed E-state index contributed by atoms with van der Waals surface area (Å²) in [5.74, 6) is 0.641. The van der Waals surface area contributed by atoms with E-state index >= 15 is 0 Å². The maximum absolute atomic E-state index is 14.1. The lowest BCUT2D eigenvalue weighted by atomic mass is 10.0. The van der Waals surface area contributed by atoms with Gasteiger partial charge in [0.15, 0.2) is 0 Å². The molecule has 0 aliphatic rings. The van der Waals surface area contributed by atoms with Gasteiger partial charge in [0.1, 0.15) is 29.6 Å². The Bertz CT molecular complexity index is 1390. The maximum Gasteiger partial charge on any atom is 0.249 e. The minimum atomic E-state index is -1.01. The highest BCUT2D eigenvalue weighted by molar-refractivity contribution is 6.02. The number of aromatic nitrogens is 4. The van der Waals surface area contributed by atoms with Crippen molar-refractivity contribution >= 4 is 28.5 Å². The minimum absolute atomic E-state index is 0.147. The minimum Gasteiger partial charge on any atom is -0.497 e. The first-order valence-electron chi connectivity index (χ1n) is 12.4. The number of hydrogen-bond acceptors (Lipinski definition) is 7. The summed E-state index contributed by atoms with van der Waals surface area (Å²) in [4.78, 5) is 33.5. The molecular weight excluding hydrogens is 484 g/mol. The van der Waals surface area contributed by atoms with Gasteiger partial charge in [0.05, 0.1) is 25.4 Å². The van der Waals surface area contributed by atoms with Crippen LogP contribution >= 0.6 is 0 Å². The molecule has 0 fully saturated rings. The van der Waals surface area contributed by atoms with E-state index in [2.05, 4.69) is 34.5 Å². The van der Waals surface area contributed by atoms with E-state index < -0.39 is 6.04 Å². The molecule has 0 bridgehead atoms. The van der Waals surface area contributed by atoms with Gasteiger partial charge in [0.25, 0.3) is 0 Å². The molecule has 2 aromatic heterocycles. The molecule has 4 rings (SSSR count). The van der Waals surface area contributed by atoms with Crippen molar-refractivity contribution in [1.82, 2.24) is 25.3 Å². The van der Waals surface area contributed by atoms with Crippen LogP contribution in [0.1, 0.15) is 31.9 Å². The van der Waals surface area contributed by atoms with Crippen LogP contribution in [0.15, 0.2) is 67.0 Å². The number of hydrogen-bond donors (Lipinski definition) is 1. The Morgan fingerprint density at radius 1 is 1.05 bits per heavy atom. The number of carbonyl (C=O) groups is 2. The predicted molar refractivity (Wildman–Crippen MR) is 144 cm³/mol. The van der Waals surface area contributed by atoms with Crippen LogP contribution in [0, 0.1) is 5.92 Å². The second-order valence-electron chi connectivity index (χ2n) is 9.20. The number of carbonyl (C=O) groups excluding carboxylic acids is 2. The summed E-state index contributed by atoms with van der Waals surface area (Å²) < 4.78 is 12.5. The first kappa shape index (κ1) is 26.6. The first-order valence-corrected chi connectivity index (χ1v) is 12.4. The van der Waals surface area contributed by atoms with E-state index in [1.54, 1.807) is 49.8 Å². The fourth-order valence-electron chi connectivity index (χ4n) is 4.18. The van der Waals surface area contributed by atoms with E-state index in [9.17, 15) is 9.59 Å². The fourth-order valence-corrected chi connectivity index (χ4v) is 4.18. The number of nitrogens with one attached hydrogen (secondary N) is 1. The number of benzene rings is 2. The number of anilines is 1. The largest absolute Gasteiger partial charge is 0.497 e. The number of rotatable bonds is 11. The third-order valence-corrected chi connectivity index (χ3v) is 6.15. The summed E-state index contributed by atoms with van der Waals surface area (Å²) in [6.07, 6.45) is 4.02. The SMILES string of the molecule is COc1ccc(N(C(=O)Cn2nnc3ccccc32)C(C(=O)NCCC(C)C)c2cccnc2)c(OC)c1. The Hall–Kier alpha value is -4.47. The molecule has 10 nitrogen and oxygen atoms in total. The van der Waals surface area contributed by atoms with Gasteiger partial charge in [0.2, 0.25) is 11.8 Å². The second kappa shape index (κ2) is 12.2. The molecule has 0 radical (unpaired) electrons. The molecule has 1 N–H and O–H groups in total. The van der Waals surface area contributed by atoms with Gasteiger partial charge < -0.3 is 14.8 Å². The standard InChI is InChI=1S/C28H32N6O4/c1-19(2)13-15-30-28(36)27(20-8-7-14-29-17-20)34(24-12-11-21(37-3)16-25(24)38-4)26(35)18-33-23-10-6-5-9-22(23)31-32-33/h5-12,14,16-17,19,27H,13,15,18H2,1-4H3,(H,30,36). The van der Waals surface area contributed by atoms with Gasteiger partial charge in [-0.05, 0) is 42.7 Å². The maximum atomic E-state index is 14.1. The molecule has 0 spiro atoms. The summed E-state index contributed by atoms with van der Waals surface area (Å²) in [6, 6.07) is 15.0. The topological polar surface area (TPSA) is 111 Å². The van der Waals surface area contributed by atoms with Gasteiger partial charge in [-0.2, -0.15) is 0 Å². The summed E-state index contributed by atoms with van der Waals surface area (Å²) in [7, 11) is 3.06. The quantitative estimate of drug-likeness (QED) is 0.323. The van der Waals surface area contributed by atoms with E-state index in [4.69, 9.17) is 9.47 Å². The Kier molecular flexibility index (Phi) is 8.52. The third-order valence-electron chi connectivity index (χ3n) is 6.15. The molecule has 4 aromatic rings. The second-order valence-corrected chi connectivity index (χ2v) is 9.20. The Labute approximate surface area is 221 Å². The van der Waals surface area contributed by atoms with E-state index in [1.165, 1.54) is 16.7 Å². The molecule has 2 aromatic carbocycles. The van der Waals surface area contributed by atoms with Gasteiger partial charge in [-0.15, -0.1) is 5.10 Å². The van der Waals surface area contributed by atoms with Crippen LogP contribution in [0.3, 0.4) is 0 Å². The van der Waals surface area contributed by atoms with Crippen molar-refractivity contribution in [2.45, 2.75) is 32.9 Å². The highest BCUT2D eigenvalue weighted by Crippen LogP contribution is 2.37. The lowest BCUT2D eigenvalue weighted by Gasteiger charge is -2.32. The van der Waals surface area contributed by atoms with E-state index in [1.807, 2.05) is 24.3 Å². The van der Waals surface area contributed by atoms with Crippen molar-refractivity contribution in [2.24, 2.45) is 5.92 Å². The normalized spacial score (nSPS) is 11.8. The van der Waals surface area contributed by atoms with Crippen molar-refractivity contribution in [2.75, 3.05) is 25.7 Å². The van der Waals surface area contributed by atoms with Gasteiger partial charge >= 0.3 is 0 Å². The van der Waals surface area contributed by atoms with Crippen LogP contribution in [0.4, 0.5) is 5.69 Å². The molecule has 1 unspecified atom stereocenters. The number of ether oxygens (including phenoxy) is 2. The molecule has 2 heterocycles. The third kappa shape index (κ3) is 5.91. The molecular formula is C28H32N6O4. The molecule has 38 heavy (non-hydrogen) atoms. The molecule has 0 saturated heterocycles. The van der Waals surface area contributed by atoms with Crippen LogP contribution in [-0.2, 0) is 16.1 Å². The van der Waals surface area contributed by atoms with Crippen LogP contribution in [-0.4, -0.2) is 52.6 Å². The summed E-state index contributed by atoms with van der Waals surface area (Å²) in [5.41, 5.74) is 2.35. The molecule has 1 atom stereocenters. The van der Waals surface area contributed by atoms with Crippen LogP contribution in [0.25, 0.3) is 11.0 Å². The summed E-state index contributed by atoms with van der Waals surface area (Å²) in [5, 5.41) is 11.4. The highest BCUT2D eigenvalue weighted by Gasteiger charge is 2.35. The zero-order valence-electron chi connectivity index (χ0n) is 22.0. The van der Waals surface area contributed by atoms with E-state index in [-0.39, 0.29) is 18.4 Å². The lowest BCUT2D eigenvalue weighted by molar-refractivity contribution is -0.127. The van der Waals surface area contributed by atoms with Crippen molar-refractivity contribution < 1.29 is 19.1 Å². The zero-order valence-corrected chi connectivity index (χ0v) is 22.0. The summed E-state index contributed by atoms with van der Waals surface area (Å²) >= 11 is 0. The number of nitrogens with zero attached hydrogens (tertiary/aromatic N) is 5. The van der Waals surface area contributed by atoms with E-state index in [0.29, 0.717) is 46.2 Å². The average molecular weight is 517 g/mol. The number of methoxy groups -OCH3 is 2. The first-order chi connectivity index (χ1) is 18.4. The van der Waals surface area contributed by atoms with Gasteiger partial charge in [-0.1, -0.05) is 37.3 Å². The average Bonchev–Trinajstić information content (AvgIpc) is 3.34. The Morgan fingerprint density at radius 2 is 1.87 bits per heavy atom. The molecule has 0 aliphatic heterocycles. The van der Waals surface area contributed by atoms with E-state index in [0.717, 1.165) is 6.42 Å². The smallest absolute Gasteiger partial charge is 0.249 e. The highest BCUT2D eigenvalue weighted by atomic mass is 16.5. The van der Waals surface area contributed by atoms with Gasteiger partial charge in [-0.25, -0.2) is 4.68 Å². The Balaban J connectivity index is 1.81. The number of fused-ring (bicyclic) bond motifs is 1. The van der Waals surface area contributed by atoms with Crippen LogP contribution in [0.2, 0.25) is 0 Å².